The maximum absolute atomic E-state index is 10.5. The predicted molar refractivity (Wildman–Crippen MR) is 113 cm³/mol. The molecule has 1 saturated heterocycles. The summed E-state index contributed by atoms with van der Waals surface area (Å²) in [5, 5.41) is 10.5. The van der Waals surface area contributed by atoms with E-state index in [2.05, 4.69) is 11.0 Å². The number of hydrogen-bond acceptors (Lipinski definition) is 5. The highest BCUT2D eigenvalue weighted by atomic mass is 16.5. The Balaban J connectivity index is 1.46. The zero-order valence-corrected chi connectivity index (χ0v) is 16.9. The van der Waals surface area contributed by atoms with Crippen LogP contribution in [0.4, 0.5) is 5.69 Å². The van der Waals surface area contributed by atoms with Crippen LogP contribution in [0.25, 0.3) is 0 Å². The van der Waals surface area contributed by atoms with Gasteiger partial charge in [0.1, 0.15) is 11.5 Å². The maximum atomic E-state index is 10.5. The number of nitrogen functional groups attached to an aromatic ring is 1. The molecule has 3 rings (SSSR count). The van der Waals surface area contributed by atoms with Gasteiger partial charge in [-0.25, -0.2) is 0 Å². The molecule has 28 heavy (non-hydrogen) atoms. The number of hydrogen-bond donors (Lipinski definition) is 2. The Hall–Kier alpha value is -2.24. The summed E-state index contributed by atoms with van der Waals surface area (Å²) >= 11 is 0. The lowest BCUT2D eigenvalue weighted by molar-refractivity contribution is 0.0890. The lowest BCUT2D eigenvalue weighted by Gasteiger charge is -2.33. The van der Waals surface area contributed by atoms with Gasteiger partial charge in [0, 0.05) is 24.7 Å². The topological polar surface area (TPSA) is 68.0 Å². The second kappa shape index (κ2) is 9.80. The second-order valence-corrected chi connectivity index (χ2v) is 7.68. The molecule has 152 valence electrons. The first-order valence-corrected chi connectivity index (χ1v) is 10.0. The number of nitrogens with two attached hydrogens (primary N) is 1. The van der Waals surface area contributed by atoms with E-state index >= 15 is 0 Å². The molecular weight excluding hydrogens is 352 g/mol. The van der Waals surface area contributed by atoms with Crippen LogP contribution < -0.4 is 15.2 Å². The molecule has 3 N–H and O–H groups in total. The minimum atomic E-state index is -0.384. The number of rotatable bonds is 8. The smallest absolute Gasteiger partial charge is 0.122 e. The van der Waals surface area contributed by atoms with Crippen LogP contribution in [0.5, 0.6) is 11.5 Å². The first kappa shape index (κ1) is 20.5. The molecule has 5 heteroatoms. The van der Waals surface area contributed by atoms with E-state index in [0.29, 0.717) is 18.9 Å². The summed E-state index contributed by atoms with van der Waals surface area (Å²) in [5.74, 6) is 2.29. The molecular formula is C23H32N2O3. The fourth-order valence-electron chi connectivity index (χ4n) is 4.06. The second-order valence-electron chi connectivity index (χ2n) is 7.68. The summed E-state index contributed by atoms with van der Waals surface area (Å²) in [7, 11) is 3.33. The Morgan fingerprint density at radius 3 is 2.50 bits per heavy atom. The zero-order chi connectivity index (χ0) is 19.9. The molecule has 1 aliphatic heterocycles. The number of aliphatic hydroxyl groups excluding tert-OH is 1. The zero-order valence-electron chi connectivity index (χ0n) is 16.9. The van der Waals surface area contributed by atoms with E-state index in [0.717, 1.165) is 55.1 Å². The van der Waals surface area contributed by atoms with E-state index < -0.39 is 0 Å². The van der Waals surface area contributed by atoms with Gasteiger partial charge in [-0.2, -0.15) is 0 Å². The normalized spacial score (nSPS) is 16.7. The van der Waals surface area contributed by atoms with E-state index in [1.165, 1.54) is 5.56 Å². The van der Waals surface area contributed by atoms with Gasteiger partial charge in [-0.1, -0.05) is 24.3 Å². The summed E-state index contributed by atoms with van der Waals surface area (Å²) in [6, 6.07) is 13.9. The van der Waals surface area contributed by atoms with Crippen LogP contribution >= 0.6 is 0 Å². The van der Waals surface area contributed by atoms with Crippen LogP contribution in [-0.2, 0) is 12.8 Å². The summed E-state index contributed by atoms with van der Waals surface area (Å²) in [4.78, 5) is 2.37. The van der Waals surface area contributed by atoms with E-state index in [-0.39, 0.29) is 6.10 Å². The molecule has 0 spiro atoms. The van der Waals surface area contributed by atoms with Gasteiger partial charge < -0.3 is 25.2 Å². The largest absolute Gasteiger partial charge is 0.497 e. The van der Waals surface area contributed by atoms with Crippen molar-refractivity contribution in [3.8, 4) is 11.5 Å². The van der Waals surface area contributed by atoms with Gasteiger partial charge in [0.15, 0.2) is 0 Å². The van der Waals surface area contributed by atoms with Crippen LogP contribution in [-0.4, -0.2) is 50.0 Å². The Bertz CT molecular complexity index is 757. The number of aliphatic hydroxyl groups is 1. The van der Waals surface area contributed by atoms with Gasteiger partial charge in [0.05, 0.1) is 20.3 Å². The van der Waals surface area contributed by atoms with Crippen molar-refractivity contribution in [2.45, 2.75) is 31.8 Å². The van der Waals surface area contributed by atoms with Crippen LogP contribution in [0, 0.1) is 5.92 Å². The fraction of sp³-hybridized carbons (Fsp3) is 0.478. The predicted octanol–water partition coefficient (Wildman–Crippen LogP) is 3.14. The first-order chi connectivity index (χ1) is 13.6. The number of ether oxygens (including phenoxy) is 2. The van der Waals surface area contributed by atoms with Crippen LogP contribution in [0.3, 0.4) is 0 Å². The van der Waals surface area contributed by atoms with E-state index in [1.807, 2.05) is 36.4 Å². The van der Waals surface area contributed by atoms with Crippen molar-refractivity contribution >= 4 is 5.69 Å². The van der Waals surface area contributed by atoms with E-state index in [1.54, 1.807) is 14.2 Å². The van der Waals surface area contributed by atoms with Gasteiger partial charge in [-0.05, 0) is 61.5 Å². The van der Waals surface area contributed by atoms with E-state index in [4.69, 9.17) is 15.2 Å². The van der Waals surface area contributed by atoms with Crippen molar-refractivity contribution in [2.24, 2.45) is 5.92 Å². The standard InChI is InChI=1S/C23H32N2O3/c1-27-21-8-7-18(22(24)15-21)13-17-9-11-25(12-10-17)16-20(26)14-19-5-3-4-6-23(19)28-2/h3-8,15,17,20,26H,9-14,16,24H2,1-2H3. The lowest BCUT2D eigenvalue weighted by Crippen LogP contribution is -2.39. The average molecular weight is 385 g/mol. The van der Waals surface area contributed by atoms with Gasteiger partial charge in [-0.15, -0.1) is 0 Å². The molecule has 0 bridgehead atoms. The Labute approximate surface area is 168 Å². The summed E-state index contributed by atoms with van der Waals surface area (Å²) in [5.41, 5.74) is 9.25. The SMILES string of the molecule is COc1ccc(CC2CCN(CC(O)Cc3ccccc3OC)CC2)c(N)c1. The molecule has 2 aromatic rings. The third-order valence-corrected chi connectivity index (χ3v) is 5.69. The quantitative estimate of drug-likeness (QED) is 0.685. The maximum Gasteiger partial charge on any atom is 0.122 e. The minimum Gasteiger partial charge on any atom is -0.497 e. The number of β-amino-alcohol motifs (C(OH)–C–C–N with tert-alkyl or cyclic N) is 1. The number of para-hydroxylation sites is 1. The van der Waals surface area contributed by atoms with Crippen molar-refractivity contribution in [1.29, 1.82) is 0 Å². The third-order valence-electron chi connectivity index (χ3n) is 5.69. The molecule has 0 saturated carbocycles. The Kier molecular flexibility index (Phi) is 7.18. The average Bonchev–Trinajstić information content (AvgIpc) is 2.71. The Morgan fingerprint density at radius 2 is 1.82 bits per heavy atom. The number of methoxy groups -OCH3 is 2. The number of piperidine rings is 1. The summed E-state index contributed by atoms with van der Waals surface area (Å²) < 4.78 is 10.6. The molecule has 1 heterocycles. The number of benzene rings is 2. The van der Waals surface area contributed by atoms with Crippen LogP contribution in [0.15, 0.2) is 42.5 Å². The molecule has 1 atom stereocenters. The van der Waals surface area contributed by atoms with Crippen molar-refractivity contribution in [1.82, 2.24) is 4.90 Å². The monoisotopic (exact) mass is 384 g/mol. The van der Waals surface area contributed by atoms with E-state index in [9.17, 15) is 5.11 Å². The van der Waals surface area contributed by atoms with Crippen molar-refractivity contribution in [3.63, 3.8) is 0 Å². The summed E-state index contributed by atoms with van der Waals surface area (Å²) in [6.07, 6.45) is 3.50. The molecule has 1 fully saturated rings. The first-order valence-electron chi connectivity index (χ1n) is 10.0. The van der Waals surface area contributed by atoms with Crippen molar-refractivity contribution in [3.05, 3.63) is 53.6 Å². The van der Waals surface area contributed by atoms with Crippen molar-refractivity contribution < 1.29 is 14.6 Å². The molecule has 5 nitrogen and oxygen atoms in total. The molecule has 1 aliphatic rings. The lowest BCUT2D eigenvalue weighted by atomic mass is 9.89. The highest BCUT2D eigenvalue weighted by molar-refractivity contribution is 5.51. The Morgan fingerprint density at radius 1 is 1.07 bits per heavy atom. The molecule has 0 aliphatic carbocycles. The van der Waals surface area contributed by atoms with Crippen molar-refractivity contribution in [2.75, 3.05) is 39.6 Å². The number of likely N-dealkylation sites (tertiary alicyclic amines) is 1. The minimum absolute atomic E-state index is 0.384. The highest BCUT2D eigenvalue weighted by Crippen LogP contribution is 2.27. The van der Waals surface area contributed by atoms with Gasteiger partial charge in [-0.3, -0.25) is 0 Å². The molecule has 1 unspecified atom stereocenters. The summed E-state index contributed by atoms with van der Waals surface area (Å²) in [6.45, 7) is 2.74. The molecule has 2 aromatic carbocycles. The number of anilines is 1. The van der Waals surface area contributed by atoms with Crippen LogP contribution in [0.2, 0.25) is 0 Å². The van der Waals surface area contributed by atoms with Gasteiger partial charge in [0.25, 0.3) is 0 Å². The highest BCUT2D eigenvalue weighted by Gasteiger charge is 2.22. The number of nitrogens with zero attached hydrogens (tertiary/aromatic N) is 1. The molecule has 0 radical (unpaired) electrons. The third kappa shape index (κ3) is 5.40. The fourth-order valence-corrected chi connectivity index (χ4v) is 4.06. The van der Waals surface area contributed by atoms with Gasteiger partial charge >= 0.3 is 0 Å². The molecule has 0 amide bonds. The molecule has 0 aromatic heterocycles. The van der Waals surface area contributed by atoms with Gasteiger partial charge in [0.2, 0.25) is 0 Å². The van der Waals surface area contributed by atoms with Crippen LogP contribution in [0.1, 0.15) is 24.0 Å².